The molecule has 86 valence electrons. The van der Waals surface area contributed by atoms with Crippen molar-refractivity contribution < 1.29 is 0 Å². The normalized spacial score (nSPS) is 18.6. The van der Waals surface area contributed by atoms with Crippen LogP contribution in [-0.4, -0.2) is 0 Å². The van der Waals surface area contributed by atoms with E-state index in [1.807, 2.05) is 0 Å². The lowest BCUT2D eigenvalue weighted by Crippen LogP contribution is -2.21. The lowest BCUT2D eigenvalue weighted by atomic mass is 9.77. The van der Waals surface area contributed by atoms with Crippen molar-refractivity contribution in [2.45, 2.75) is 61.3 Å². The molecule has 0 saturated heterocycles. The Kier molecular flexibility index (Phi) is 6.48. The van der Waals surface area contributed by atoms with Gasteiger partial charge in [0.05, 0.1) is 0 Å². The summed E-state index contributed by atoms with van der Waals surface area (Å²) in [4.78, 5) is 0. The van der Waals surface area contributed by atoms with Gasteiger partial charge in [0.2, 0.25) is 0 Å². The van der Waals surface area contributed by atoms with Gasteiger partial charge in [-0.25, -0.2) is 0 Å². The van der Waals surface area contributed by atoms with Gasteiger partial charge in [0.1, 0.15) is 0 Å². The average molecular weight is 198 g/mol. The van der Waals surface area contributed by atoms with E-state index in [0.717, 1.165) is 29.6 Å². The Morgan fingerprint density at radius 2 is 1.14 bits per heavy atom. The molecule has 0 bridgehead atoms. The van der Waals surface area contributed by atoms with E-state index in [0.29, 0.717) is 0 Å². The van der Waals surface area contributed by atoms with E-state index in [4.69, 9.17) is 0 Å². The molecule has 0 rings (SSSR count). The third-order valence-corrected chi connectivity index (χ3v) is 3.98. The predicted octanol–water partition coefficient (Wildman–Crippen LogP) is 4.99. The highest BCUT2D eigenvalue weighted by atomic mass is 14.3. The summed E-state index contributed by atoms with van der Waals surface area (Å²) < 4.78 is 0. The molecule has 0 spiro atoms. The fourth-order valence-corrected chi connectivity index (χ4v) is 1.98. The maximum Gasteiger partial charge on any atom is -0.0389 e. The molecule has 3 atom stereocenters. The Balaban J connectivity index is 3.92. The van der Waals surface area contributed by atoms with Crippen molar-refractivity contribution in [3.05, 3.63) is 0 Å². The van der Waals surface area contributed by atoms with Gasteiger partial charge in [-0.15, -0.1) is 0 Å². The molecule has 14 heavy (non-hydrogen) atoms. The van der Waals surface area contributed by atoms with Gasteiger partial charge in [0.15, 0.2) is 0 Å². The molecule has 0 heteroatoms. The summed E-state index contributed by atoms with van der Waals surface area (Å²) in [6.45, 7) is 16.6. The summed E-state index contributed by atoms with van der Waals surface area (Å²) in [5.74, 6) is 4.30. The van der Waals surface area contributed by atoms with Gasteiger partial charge in [-0.1, -0.05) is 61.3 Å². The van der Waals surface area contributed by atoms with Crippen LogP contribution >= 0.6 is 0 Å². The van der Waals surface area contributed by atoms with E-state index < -0.39 is 0 Å². The van der Waals surface area contributed by atoms with Crippen LogP contribution in [-0.2, 0) is 0 Å². The van der Waals surface area contributed by atoms with Crippen LogP contribution in [0, 0.1) is 29.6 Å². The fourth-order valence-electron chi connectivity index (χ4n) is 1.98. The standard InChI is InChI=1S/C14H30/c1-10(2)8-9-12(5)14(7)13(6)11(3)4/h10-14H,8-9H2,1-7H3. The van der Waals surface area contributed by atoms with Gasteiger partial charge in [0, 0.05) is 0 Å². The maximum absolute atomic E-state index is 2.43. The summed E-state index contributed by atoms with van der Waals surface area (Å²) in [6.07, 6.45) is 2.78. The molecule has 0 N–H and O–H groups in total. The molecular formula is C14H30. The summed E-state index contributed by atoms with van der Waals surface area (Å²) in [5.41, 5.74) is 0. The first-order chi connectivity index (χ1) is 6.36. The van der Waals surface area contributed by atoms with Crippen molar-refractivity contribution >= 4 is 0 Å². The van der Waals surface area contributed by atoms with Crippen LogP contribution in [0.4, 0.5) is 0 Å². The molecule has 0 aromatic carbocycles. The minimum atomic E-state index is 0.825. The van der Waals surface area contributed by atoms with Crippen LogP contribution in [0.25, 0.3) is 0 Å². The van der Waals surface area contributed by atoms with Crippen molar-refractivity contribution in [2.24, 2.45) is 29.6 Å². The first-order valence-corrected chi connectivity index (χ1v) is 6.36. The van der Waals surface area contributed by atoms with Crippen LogP contribution in [0.2, 0.25) is 0 Å². The topological polar surface area (TPSA) is 0 Å². The SMILES string of the molecule is CC(C)CCC(C)C(C)C(C)C(C)C. The van der Waals surface area contributed by atoms with Gasteiger partial charge in [0.25, 0.3) is 0 Å². The monoisotopic (exact) mass is 198 g/mol. The number of rotatable bonds is 6. The van der Waals surface area contributed by atoms with Crippen LogP contribution in [0.1, 0.15) is 61.3 Å². The molecule has 0 aliphatic heterocycles. The van der Waals surface area contributed by atoms with Gasteiger partial charge >= 0.3 is 0 Å². The van der Waals surface area contributed by atoms with Crippen molar-refractivity contribution in [3.63, 3.8) is 0 Å². The molecular weight excluding hydrogens is 168 g/mol. The van der Waals surface area contributed by atoms with Gasteiger partial charge in [-0.3, -0.25) is 0 Å². The van der Waals surface area contributed by atoms with Gasteiger partial charge in [-0.05, 0) is 29.6 Å². The number of hydrogen-bond donors (Lipinski definition) is 0. The Morgan fingerprint density at radius 1 is 0.643 bits per heavy atom. The van der Waals surface area contributed by atoms with Gasteiger partial charge < -0.3 is 0 Å². The second-order valence-electron chi connectivity index (χ2n) is 5.91. The van der Waals surface area contributed by atoms with Gasteiger partial charge in [-0.2, -0.15) is 0 Å². The summed E-state index contributed by atoms with van der Waals surface area (Å²) >= 11 is 0. The van der Waals surface area contributed by atoms with E-state index in [1.54, 1.807) is 0 Å². The Bertz CT molecular complexity index is 135. The van der Waals surface area contributed by atoms with Crippen molar-refractivity contribution in [2.75, 3.05) is 0 Å². The fraction of sp³-hybridized carbons (Fsp3) is 1.00. The molecule has 0 amide bonds. The van der Waals surface area contributed by atoms with Crippen molar-refractivity contribution in [1.82, 2.24) is 0 Å². The highest BCUT2D eigenvalue weighted by Crippen LogP contribution is 2.29. The summed E-state index contributed by atoms with van der Waals surface area (Å²) in [7, 11) is 0. The molecule has 0 aliphatic carbocycles. The molecule has 0 radical (unpaired) electrons. The highest BCUT2D eigenvalue weighted by molar-refractivity contribution is 4.70. The second-order valence-corrected chi connectivity index (χ2v) is 5.91. The first-order valence-electron chi connectivity index (χ1n) is 6.36. The average Bonchev–Trinajstić information content (AvgIpc) is 2.11. The van der Waals surface area contributed by atoms with E-state index in [9.17, 15) is 0 Å². The molecule has 0 aliphatic rings. The summed E-state index contributed by atoms with van der Waals surface area (Å²) in [6, 6.07) is 0. The molecule has 3 unspecified atom stereocenters. The zero-order valence-electron chi connectivity index (χ0n) is 11.3. The third-order valence-electron chi connectivity index (χ3n) is 3.98. The Labute approximate surface area is 91.5 Å². The smallest absolute Gasteiger partial charge is 0.0389 e. The zero-order valence-corrected chi connectivity index (χ0v) is 11.3. The third kappa shape index (κ3) is 5.02. The molecule has 0 heterocycles. The lowest BCUT2D eigenvalue weighted by molar-refractivity contribution is 0.208. The lowest BCUT2D eigenvalue weighted by Gasteiger charge is -2.29. The van der Waals surface area contributed by atoms with Crippen LogP contribution in [0.5, 0.6) is 0 Å². The summed E-state index contributed by atoms with van der Waals surface area (Å²) in [5, 5.41) is 0. The van der Waals surface area contributed by atoms with E-state index in [-0.39, 0.29) is 0 Å². The largest absolute Gasteiger partial charge is 0.0628 e. The number of hydrogen-bond acceptors (Lipinski definition) is 0. The van der Waals surface area contributed by atoms with E-state index in [2.05, 4.69) is 48.5 Å². The molecule has 0 aromatic heterocycles. The quantitative estimate of drug-likeness (QED) is 0.564. The highest BCUT2D eigenvalue weighted by Gasteiger charge is 2.21. The van der Waals surface area contributed by atoms with Crippen LogP contribution < -0.4 is 0 Å². The molecule has 0 fully saturated rings. The van der Waals surface area contributed by atoms with E-state index >= 15 is 0 Å². The molecule has 0 saturated carbocycles. The van der Waals surface area contributed by atoms with Crippen LogP contribution in [0.3, 0.4) is 0 Å². The van der Waals surface area contributed by atoms with E-state index in [1.165, 1.54) is 12.8 Å². The van der Waals surface area contributed by atoms with Crippen molar-refractivity contribution in [3.8, 4) is 0 Å². The predicted molar refractivity (Wildman–Crippen MR) is 66.4 cm³/mol. The molecule has 0 nitrogen and oxygen atoms in total. The van der Waals surface area contributed by atoms with Crippen LogP contribution in [0.15, 0.2) is 0 Å². The Hall–Kier alpha value is 0. The first kappa shape index (κ1) is 14.0. The Morgan fingerprint density at radius 3 is 1.50 bits per heavy atom. The second kappa shape index (κ2) is 6.48. The zero-order chi connectivity index (χ0) is 11.3. The minimum Gasteiger partial charge on any atom is -0.0628 e. The maximum atomic E-state index is 2.43. The molecule has 0 aromatic rings. The minimum absolute atomic E-state index is 0.825. The van der Waals surface area contributed by atoms with Crippen molar-refractivity contribution in [1.29, 1.82) is 0 Å².